The summed E-state index contributed by atoms with van der Waals surface area (Å²) in [6.07, 6.45) is 0.624. The Hall–Kier alpha value is -1.26. The lowest BCUT2D eigenvalue weighted by molar-refractivity contribution is -0.131. The van der Waals surface area contributed by atoms with Crippen molar-refractivity contribution in [3.63, 3.8) is 0 Å². The van der Waals surface area contributed by atoms with Gasteiger partial charge in [-0.1, -0.05) is 11.6 Å². The first kappa shape index (κ1) is 16.1. The summed E-state index contributed by atoms with van der Waals surface area (Å²) in [5, 5.41) is 0.639. The average Bonchev–Trinajstić information content (AvgIpc) is 2.77. The minimum Gasteiger partial charge on any atom is -0.342 e. The maximum atomic E-state index is 12.4. The van der Waals surface area contributed by atoms with E-state index < -0.39 is 0 Å². The number of carbonyl (C=O) groups excluding carboxylic acids is 1. The molecule has 2 aromatic rings. The van der Waals surface area contributed by atoms with Gasteiger partial charge in [0.1, 0.15) is 12.4 Å². The van der Waals surface area contributed by atoms with E-state index in [2.05, 4.69) is 4.98 Å². The zero-order valence-electron chi connectivity index (χ0n) is 12.3. The Kier molecular flexibility index (Phi) is 5.48. The largest absolute Gasteiger partial charge is 0.342 e. The Balaban J connectivity index is 2.40. The van der Waals surface area contributed by atoms with E-state index >= 15 is 0 Å². The molecule has 0 aliphatic carbocycles. The second-order valence-corrected chi connectivity index (χ2v) is 5.57. The van der Waals surface area contributed by atoms with Crippen LogP contribution in [0, 0.1) is 0 Å². The van der Waals surface area contributed by atoms with E-state index in [1.54, 1.807) is 0 Å². The molecular formula is C15H19Cl2N3O. The molecule has 1 amide bonds. The third-order valence-electron chi connectivity index (χ3n) is 3.52. The molecule has 0 fully saturated rings. The van der Waals surface area contributed by atoms with Crippen molar-refractivity contribution in [2.24, 2.45) is 0 Å². The number of carbonyl (C=O) groups is 1. The lowest BCUT2D eigenvalue weighted by atomic mass is 10.3. The van der Waals surface area contributed by atoms with E-state index in [4.69, 9.17) is 23.2 Å². The van der Waals surface area contributed by atoms with Crippen molar-refractivity contribution in [3.8, 4) is 0 Å². The summed E-state index contributed by atoms with van der Waals surface area (Å²) in [7, 11) is 0. The third kappa shape index (κ3) is 3.50. The van der Waals surface area contributed by atoms with Gasteiger partial charge >= 0.3 is 0 Å². The molecular weight excluding hydrogens is 309 g/mol. The summed E-state index contributed by atoms with van der Waals surface area (Å²) >= 11 is 11.9. The first-order valence-corrected chi connectivity index (χ1v) is 8.00. The summed E-state index contributed by atoms with van der Waals surface area (Å²) in [6.45, 7) is 5.66. The van der Waals surface area contributed by atoms with Crippen LogP contribution in [0.15, 0.2) is 18.2 Å². The minimum absolute atomic E-state index is 0.0880. The Labute approximate surface area is 134 Å². The summed E-state index contributed by atoms with van der Waals surface area (Å²) < 4.78 is 1.94. The average molecular weight is 328 g/mol. The van der Waals surface area contributed by atoms with Crippen LogP contribution in [0.4, 0.5) is 0 Å². The SMILES string of the molecule is CCN(CC)C(=O)Cn1c(CCCl)nc2cc(Cl)ccc21. The quantitative estimate of drug-likeness (QED) is 0.763. The number of likely N-dealkylation sites (N-methyl/N-ethyl adjacent to an activating group) is 1. The number of halogens is 2. The number of hydrogen-bond acceptors (Lipinski definition) is 2. The summed E-state index contributed by atoms with van der Waals surface area (Å²) in [6, 6.07) is 5.53. The number of fused-ring (bicyclic) bond motifs is 1. The van der Waals surface area contributed by atoms with E-state index in [9.17, 15) is 4.79 Å². The Morgan fingerprint density at radius 1 is 1.33 bits per heavy atom. The maximum absolute atomic E-state index is 12.4. The molecule has 4 nitrogen and oxygen atoms in total. The number of amides is 1. The number of imidazole rings is 1. The van der Waals surface area contributed by atoms with E-state index in [1.165, 1.54) is 0 Å². The number of alkyl halides is 1. The molecule has 0 radical (unpaired) electrons. The normalized spacial score (nSPS) is 11.0. The lowest BCUT2D eigenvalue weighted by Crippen LogP contribution is -2.33. The number of aryl methyl sites for hydroxylation is 1. The number of benzene rings is 1. The smallest absolute Gasteiger partial charge is 0.242 e. The fourth-order valence-electron chi connectivity index (χ4n) is 2.42. The highest BCUT2D eigenvalue weighted by atomic mass is 35.5. The Morgan fingerprint density at radius 3 is 2.67 bits per heavy atom. The van der Waals surface area contributed by atoms with Crippen LogP contribution in [0.25, 0.3) is 11.0 Å². The van der Waals surface area contributed by atoms with Gasteiger partial charge in [-0.3, -0.25) is 4.79 Å². The van der Waals surface area contributed by atoms with Gasteiger partial charge in [0.25, 0.3) is 0 Å². The number of rotatable bonds is 6. The van der Waals surface area contributed by atoms with Gasteiger partial charge in [0.2, 0.25) is 5.91 Å². The van der Waals surface area contributed by atoms with Crippen molar-refractivity contribution in [1.82, 2.24) is 14.5 Å². The molecule has 21 heavy (non-hydrogen) atoms. The monoisotopic (exact) mass is 327 g/mol. The topological polar surface area (TPSA) is 38.1 Å². The Morgan fingerprint density at radius 2 is 2.05 bits per heavy atom. The molecule has 1 aromatic carbocycles. The molecule has 0 bridgehead atoms. The second-order valence-electron chi connectivity index (χ2n) is 4.75. The molecule has 0 aliphatic heterocycles. The van der Waals surface area contributed by atoms with E-state index in [0.717, 1.165) is 16.9 Å². The molecule has 0 unspecified atom stereocenters. The van der Waals surface area contributed by atoms with Gasteiger partial charge in [0.05, 0.1) is 11.0 Å². The minimum atomic E-state index is 0.0880. The molecule has 114 valence electrons. The Bertz CT molecular complexity index is 635. The molecule has 0 atom stereocenters. The van der Waals surface area contributed by atoms with Crippen molar-refractivity contribution in [2.75, 3.05) is 19.0 Å². The van der Waals surface area contributed by atoms with Crippen molar-refractivity contribution in [3.05, 3.63) is 29.0 Å². The highest BCUT2D eigenvalue weighted by molar-refractivity contribution is 6.31. The van der Waals surface area contributed by atoms with Gasteiger partial charge in [-0.05, 0) is 32.0 Å². The van der Waals surface area contributed by atoms with Crippen molar-refractivity contribution < 1.29 is 4.79 Å². The highest BCUT2D eigenvalue weighted by Crippen LogP contribution is 2.21. The van der Waals surface area contributed by atoms with Gasteiger partial charge in [-0.25, -0.2) is 4.98 Å². The van der Waals surface area contributed by atoms with Crippen LogP contribution >= 0.6 is 23.2 Å². The maximum Gasteiger partial charge on any atom is 0.242 e. The highest BCUT2D eigenvalue weighted by Gasteiger charge is 2.16. The van der Waals surface area contributed by atoms with Crippen molar-refractivity contribution in [1.29, 1.82) is 0 Å². The van der Waals surface area contributed by atoms with Crippen LogP contribution < -0.4 is 0 Å². The fraction of sp³-hybridized carbons (Fsp3) is 0.467. The third-order valence-corrected chi connectivity index (χ3v) is 3.94. The van der Waals surface area contributed by atoms with Gasteiger partial charge in [0, 0.05) is 30.4 Å². The molecule has 0 N–H and O–H groups in total. The standard InChI is InChI=1S/C15H19Cl2N3O/c1-3-19(4-2)15(21)10-20-13-6-5-11(17)9-12(13)18-14(20)7-8-16/h5-6,9H,3-4,7-8,10H2,1-2H3. The fourth-order valence-corrected chi connectivity index (χ4v) is 2.75. The van der Waals surface area contributed by atoms with Crippen LogP contribution in [-0.4, -0.2) is 39.3 Å². The summed E-state index contributed by atoms with van der Waals surface area (Å²) in [5.74, 6) is 1.38. The zero-order valence-corrected chi connectivity index (χ0v) is 13.8. The van der Waals surface area contributed by atoms with Gasteiger partial charge in [-0.15, -0.1) is 11.6 Å². The van der Waals surface area contributed by atoms with Crippen LogP contribution in [0.3, 0.4) is 0 Å². The molecule has 0 saturated heterocycles. The molecule has 2 rings (SSSR count). The molecule has 1 aromatic heterocycles. The first-order valence-electron chi connectivity index (χ1n) is 7.09. The number of aromatic nitrogens is 2. The molecule has 0 spiro atoms. The second kappa shape index (κ2) is 7.14. The lowest BCUT2D eigenvalue weighted by Gasteiger charge is -2.19. The number of hydrogen-bond donors (Lipinski definition) is 0. The predicted octanol–water partition coefficient (Wildman–Crippen LogP) is 3.34. The van der Waals surface area contributed by atoms with E-state index in [1.807, 2.05) is 41.5 Å². The summed E-state index contributed by atoms with van der Waals surface area (Å²) in [4.78, 5) is 18.7. The van der Waals surface area contributed by atoms with Crippen molar-refractivity contribution >= 4 is 40.1 Å². The van der Waals surface area contributed by atoms with Crippen LogP contribution in [0.5, 0.6) is 0 Å². The summed E-state index contributed by atoms with van der Waals surface area (Å²) in [5.41, 5.74) is 1.72. The van der Waals surface area contributed by atoms with Crippen LogP contribution in [0.2, 0.25) is 5.02 Å². The van der Waals surface area contributed by atoms with Crippen LogP contribution in [-0.2, 0) is 17.8 Å². The van der Waals surface area contributed by atoms with E-state index in [0.29, 0.717) is 30.4 Å². The predicted molar refractivity (Wildman–Crippen MR) is 87.1 cm³/mol. The molecule has 0 aliphatic rings. The molecule has 6 heteroatoms. The molecule has 1 heterocycles. The first-order chi connectivity index (χ1) is 10.1. The van der Waals surface area contributed by atoms with Gasteiger partial charge < -0.3 is 9.47 Å². The number of nitrogens with zero attached hydrogens (tertiary/aromatic N) is 3. The zero-order chi connectivity index (χ0) is 15.4. The van der Waals surface area contributed by atoms with E-state index in [-0.39, 0.29) is 12.5 Å². The van der Waals surface area contributed by atoms with Gasteiger partial charge in [-0.2, -0.15) is 0 Å². The molecule has 0 saturated carbocycles. The van der Waals surface area contributed by atoms with Gasteiger partial charge in [0.15, 0.2) is 0 Å². The van der Waals surface area contributed by atoms with Crippen LogP contribution in [0.1, 0.15) is 19.7 Å². The van der Waals surface area contributed by atoms with Crippen molar-refractivity contribution in [2.45, 2.75) is 26.8 Å².